The maximum atomic E-state index is 13.2. The van der Waals surface area contributed by atoms with Crippen molar-refractivity contribution in [3.05, 3.63) is 132 Å². The summed E-state index contributed by atoms with van der Waals surface area (Å²) in [6.07, 6.45) is 4.64. The van der Waals surface area contributed by atoms with Crippen molar-refractivity contribution in [2.24, 2.45) is 5.92 Å². The molecule has 0 saturated carbocycles. The molecule has 6 heteroatoms. The lowest BCUT2D eigenvalue weighted by molar-refractivity contribution is 0.0692. The Morgan fingerprint density at radius 3 is 2.31 bits per heavy atom. The highest BCUT2D eigenvalue weighted by molar-refractivity contribution is 6.19. The molecule has 4 heterocycles. The third-order valence-electron chi connectivity index (χ3n) is 7.58. The number of carboxylic acids is 1. The van der Waals surface area contributed by atoms with Crippen molar-refractivity contribution < 1.29 is 14.7 Å². The standard InChI is InChI=1S/C21H22N2O3.C15H13N/c1-13(2)10-12-23-14(3)18(15-7-4-5-9-17(15)23)20(24)19-16(21(25)26)8-6-11-22-19;1-12-6-5-9-15-10-14(11-16(12)15)13-7-3-2-4-8-13/h4-9,11,13H,10,12H2,1-3H3,(H,25,26);2-11H,1H3. The first-order chi connectivity index (χ1) is 20.3. The Morgan fingerprint density at radius 1 is 0.857 bits per heavy atom. The molecule has 0 spiro atoms. The predicted molar refractivity (Wildman–Crippen MR) is 168 cm³/mol. The summed E-state index contributed by atoms with van der Waals surface area (Å²) in [5.74, 6) is -0.952. The molecular formula is C36H35N3O3. The number of carboxylic acid groups (broad SMARTS) is 1. The van der Waals surface area contributed by atoms with Gasteiger partial charge in [0.2, 0.25) is 5.78 Å². The van der Waals surface area contributed by atoms with Gasteiger partial charge in [-0.3, -0.25) is 9.78 Å². The number of carbonyl (C=O) groups is 2. The molecular weight excluding hydrogens is 522 g/mol. The van der Waals surface area contributed by atoms with Crippen LogP contribution >= 0.6 is 0 Å². The van der Waals surface area contributed by atoms with Gasteiger partial charge in [0.1, 0.15) is 5.69 Å². The van der Waals surface area contributed by atoms with Crippen LogP contribution in [0.4, 0.5) is 0 Å². The van der Waals surface area contributed by atoms with Gasteiger partial charge in [0.15, 0.2) is 0 Å². The molecule has 0 aliphatic heterocycles. The lowest BCUT2D eigenvalue weighted by atomic mass is 10.0. The molecule has 0 aliphatic rings. The fourth-order valence-electron chi connectivity index (χ4n) is 5.34. The minimum atomic E-state index is -1.15. The Hall–Kier alpha value is -4.97. The molecule has 0 saturated heterocycles. The number of ketones is 1. The van der Waals surface area contributed by atoms with Crippen LogP contribution < -0.4 is 0 Å². The molecule has 0 bridgehead atoms. The quantitative estimate of drug-likeness (QED) is 0.201. The van der Waals surface area contributed by atoms with Gasteiger partial charge in [-0.05, 0) is 68.1 Å². The van der Waals surface area contributed by atoms with E-state index in [9.17, 15) is 14.7 Å². The summed E-state index contributed by atoms with van der Waals surface area (Å²) in [6, 6.07) is 29.7. The van der Waals surface area contributed by atoms with E-state index in [4.69, 9.17) is 0 Å². The second-order valence-electron chi connectivity index (χ2n) is 10.9. The molecule has 0 radical (unpaired) electrons. The molecule has 42 heavy (non-hydrogen) atoms. The van der Waals surface area contributed by atoms with Crippen LogP contribution in [0.2, 0.25) is 0 Å². The maximum absolute atomic E-state index is 13.2. The average molecular weight is 558 g/mol. The second kappa shape index (κ2) is 12.3. The van der Waals surface area contributed by atoms with Gasteiger partial charge in [-0.2, -0.15) is 0 Å². The predicted octanol–water partition coefficient (Wildman–Crippen LogP) is 8.23. The number of rotatable bonds is 7. The van der Waals surface area contributed by atoms with Gasteiger partial charge in [0.05, 0.1) is 11.1 Å². The minimum absolute atomic E-state index is 0.0186. The number of fused-ring (bicyclic) bond motifs is 2. The zero-order valence-electron chi connectivity index (χ0n) is 24.4. The minimum Gasteiger partial charge on any atom is -0.478 e. The first-order valence-electron chi connectivity index (χ1n) is 14.2. The van der Waals surface area contributed by atoms with Gasteiger partial charge in [-0.15, -0.1) is 0 Å². The summed E-state index contributed by atoms with van der Waals surface area (Å²) in [7, 11) is 0. The van der Waals surface area contributed by atoms with Gasteiger partial charge < -0.3 is 14.1 Å². The van der Waals surface area contributed by atoms with Crippen LogP contribution in [-0.4, -0.2) is 30.8 Å². The zero-order chi connectivity index (χ0) is 29.8. The van der Waals surface area contributed by atoms with Crippen molar-refractivity contribution in [1.82, 2.24) is 14.0 Å². The van der Waals surface area contributed by atoms with Crippen LogP contribution in [-0.2, 0) is 6.54 Å². The number of pyridine rings is 2. The number of nitrogens with zero attached hydrogens (tertiary/aromatic N) is 3. The smallest absolute Gasteiger partial charge is 0.338 e. The Morgan fingerprint density at radius 2 is 1.60 bits per heavy atom. The van der Waals surface area contributed by atoms with Gasteiger partial charge in [0, 0.05) is 52.3 Å². The fourth-order valence-corrected chi connectivity index (χ4v) is 5.34. The van der Waals surface area contributed by atoms with E-state index in [0.717, 1.165) is 29.6 Å². The van der Waals surface area contributed by atoms with E-state index in [0.29, 0.717) is 11.5 Å². The molecule has 6 aromatic rings. The van der Waals surface area contributed by atoms with Crippen molar-refractivity contribution >= 4 is 28.2 Å². The summed E-state index contributed by atoms with van der Waals surface area (Å²) in [4.78, 5) is 28.8. The molecule has 0 atom stereocenters. The van der Waals surface area contributed by atoms with Crippen molar-refractivity contribution in [2.45, 2.75) is 40.7 Å². The molecule has 6 rings (SSSR count). The maximum Gasteiger partial charge on any atom is 0.338 e. The van der Waals surface area contributed by atoms with E-state index in [2.05, 4.69) is 89.5 Å². The molecule has 0 unspecified atom stereocenters. The van der Waals surface area contributed by atoms with E-state index in [1.54, 1.807) is 0 Å². The molecule has 212 valence electrons. The number of aromatic carboxylic acids is 1. The van der Waals surface area contributed by atoms with E-state index >= 15 is 0 Å². The summed E-state index contributed by atoms with van der Waals surface area (Å²) < 4.78 is 4.37. The average Bonchev–Trinajstić information content (AvgIpc) is 3.56. The van der Waals surface area contributed by atoms with Gasteiger partial charge in [0.25, 0.3) is 0 Å². The van der Waals surface area contributed by atoms with Crippen molar-refractivity contribution in [3.8, 4) is 11.1 Å². The van der Waals surface area contributed by atoms with Crippen molar-refractivity contribution in [3.63, 3.8) is 0 Å². The number of aryl methyl sites for hydroxylation is 2. The van der Waals surface area contributed by atoms with E-state index < -0.39 is 5.97 Å². The topological polar surface area (TPSA) is 76.6 Å². The van der Waals surface area contributed by atoms with Crippen LogP contribution in [0.25, 0.3) is 27.5 Å². The Balaban J connectivity index is 0.000000187. The highest BCUT2D eigenvalue weighted by Crippen LogP contribution is 2.29. The first-order valence-corrected chi connectivity index (χ1v) is 14.2. The number of carbonyl (C=O) groups excluding carboxylic acids is 1. The number of para-hydroxylation sites is 1. The zero-order valence-corrected chi connectivity index (χ0v) is 24.4. The summed E-state index contributed by atoms with van der Waals surface area (Å²) in [5.41, 5.74) is 7.33. The molecule has 0 aliphatic carbocycles. The Kier molecular flexibility index (Phi) is 8.34. The van der Waals surface area contributed by atoms with E-state index in [-0.39, 0.29) is 17.0 Å². The number of hydrogen-bond acceptors (Lipinski definition) is 3. The third-order valence-corrected chi connectivity index (χ3v) is 7.58. The first kappa shape index (κ1) is 28.6. The molecule has 2 aromatic carbocycles. The molecule has 4 aromatic heterocycles. The SMILES string of the molecule is Cc1c(C(=O)c2ncccc2C(=O)O)c2ccccc2n1CCC(C)C.Cc1cccc2cc(-c3ccccc3)cn12. The van der Waals surface area contributed by atoms with Crippen LogP contribution in [0.1, 0.15) is 58.1 Å². The normalized spacial score (nSPS) is 11.1. The van der Waals surface area contributed by atoms with E-state index in [1.165, 1.54) is 40.7 Å². The molecule has 1 N–H and O–H groups in total. The number of hydrogen-bond donors (Lipinski definition) is 1. The highest BCUT2D eigenvalue weighted by Gasteiger charge is 2.25. The number of aromatic nitrogens is 3. The van der Waals surface area contributed by atoms with Gasteiger partial charge in [-0.25, -0.2) is 4.79 Å². The molecule has 0 fully saturated rings. The molecule has 0 amide bonds. The lowest BCUT2D eigenvalue weighted by Gasteiger charge is -2.10. The largest absolute Gasteiger partial charge is 0.478 e. The molecule has 6 nitrogen and oxygen atoms in total. The third kappa shape index (κ3) is 5.75. The van der Waals surface area contributed by atoms with E-state index in [1.807, 2.05) is 37.3 Å². The van der Waals surface area contributed by atoms with Crippen LogP contribution in [0.3, 0.4) is 0 Å². The summed E-state index contributed by atoms with van der Waals surface area (Å²) in [6.45, 7) is 9.18. The van der Waals surface area contributed by atoms with Crippen molar-refractivity contribution in [1.29, 1.82) is 0 Å². The Labute approximate surface area is 245 Å². The van der Waals surface area contributed by atoms with Crippen LogP contribution in [0.15, 0.2) is 103 Å². The van der Waals surface area contributed by atoms with Crippen LogP contribution in [0.5, 0.6) is 0 Å². The van der Waals surface area contributed by atoms with Gasteiger partial charge >= 0.3 is 5.97 Å². The van der Waals surface area contributed by atoms with Crippen LogP contribution in [0, 0.1) is 19.8 Å². The highest BCUT2D eigenvalue weighted by atomic mass is 16.4. The summed E-state index contributed by atoms with van der Waals surface area (Å²) in [5, 5.41) is 10.2. The monoisotopic (exact) mass is 557 g/mol. The van der Waals surface area contributed by atoms with Gasteiger partial charge in [-0.1, -0.05) is 68.4 Å². The second-order valence-corrected chi connectivity index (χ2v) is 10.9. The fraction of sp³-hybridized carbons (Fsp3) is 0.194. The number of benzene rings is 2. The Bertz CT molecular complexity index is 1880. The lowest BCUT2D eigenvalue weighted by Crippen LogP contribution is -2.13. The van der Waals surface area contributed by atoms with Crippen molar-refractivity contribution in [2.75, 3.05) is 0 Å². The summed E-state index contributed by atoms with van der Waals surface area (Å²) >= 11 is 0.